The van der Waals surface area contributed by atoms with E-state index >= 15 is 0 Å². The summed E-state index contributed by atoms with van der Waals surface area (Å²) in [6, 6.07) is 5.24. The summed E-state index contributed by atoms with van der Waals surface area (Å²) in [6.07, 6.45) is 0.0290. The van der Waals surface area contributed by atoms with Gasteiger partial charge in [-0.05, 0) is 39.1 Å². The van der Waals surface area contributed by atoms with E-state index in [1.165, 1.54) is 0 Å². The minimum atomic E-state index is 0.0290. The van der Waals surface area contributed by atoms with Crippen LogP contribution in [0.3, 0.4) is 0 Å². The number of carbonyl (C=O) groups excluding carboxylic acids is 1. The Morgan fingerprint density at radius 3 is 2.57 bits per heavy atom. The highest BCUT2D eigenvalue weighted by Crippen LogP contribution is 2.24. The van der Waals surface area contributed by atoms with E-state index in [4.69, 9.17) is 16.3 Å². The highest BCUT2D eigenvalue weighted by Gasteiger charge is 2.20. The van der Waals surface area contributed by atoms with Crippen LogP contribution < -0.4 is 4.74 Å². The van der Waals surface area contributed by atoms with Crippen LogP contribution in [-0.4, -0.2) is 61.5 Å². The first-order valence-electron chi connectivity index (χ1n) is 7.36. The molecule has 0 aromatic heterocycles. The van der Waals surface area contributed by atoms with Gasteiger partial charge in [0.15, 0.2) is 5.78 Å². The molecule has 116 valence electrons. The molecule has 0 amide bonds. The smallest absolute Gasteiger partial charge is 0.180 e. The molecule has 0 unspecified atom stereocenters. The summed E-state index contributed by atoms with van der Waals surface area (Å²) >= 11 is 6.03. The van der Waals surface area contributed by atoms with E-state index in [9.17, 15) is 4.79 Å². The average molecular weight is 311 g/mol. The van der Waals surface area contributed by atoms with Crippen LogP contribution in [0.2, 0.25) is 5.02 Å². The van der Waals surface area contributed by atoms with Crippen LogP contribution in [0, 0.1) is 0 Å². The van der Waals surface area contributed by atoms with Crippen molar-refractivity contribution >= 4 is 17.4 Å². The lowest BCUT2D eigenvalue weighted by Crippen LogP contribution is -2.46. The third-order valence-electron chi connectivity index (χ3n) is 3.57. The van der Waals surface area contributed by atoms with Gasteiger partial charge < -0.3 is 9.64 Å². The first-order chi connectivity index (χ1) is 9.95. The molecule has 1 aliphatic rings. The second-order valence-electron chi connectivity index (χ2n) is 5.81. The molecule has 0 atom stereocenters. The Bertz CT molecular complexity index is 497. The molecular weight excluding hydrogens is 288 g/mol. The van der Waals surface area contributed by atoms with Crippen LogP contribution in [0.5, 0.6) is 5.75 Å². The molecule has 0 saturated carbocycles. The second kappa shape index (κ2) is 7.25. The second-order valence-corrected chi connectivity index (χ2v) is 6.25. The summed E-state index contributed by atoms with van der Waals surface area (Å²) in [7, 11) is 2.10. The van der Waals surface area contributed by atoms with E-state index in [0.29, 0.717) is 22.9 Å². The summed E-state index contributed by atoms with van der Waals surface area (Å²) in [5.74, 6) is 0.686. The van der Waals surface area contributed by atoms with Gasteiger partial charge >= 0.3 is 0 Å². The van der Waals surface area contributed by atoms with Gasteiger partial charge in [0.05, 0.1) is 18.2 Å². The Morgan fingerprint density at radius 1 is 1.29 bits per heavy atom. The normalized spacial score (nSPS) is 17.2. The highest BCUT2D eigenvalue weighted by atomic mass is 35.5. The predicted octanol–water partition coefficient (Wildman–Crippen LogP) is 2.56. The van der Waals surface area contributed by atoms with E-state index < -0.39 is 0 Å². The van der Waals surface area contributed by atoms with Crippen molar-refractivity contribution in [2.24, 2.45) is 0 Å². The Morgan fingerprint density at radius 2 is 1.95 bits per heavy atom. The van der Waals surface area contributed by atoms with Gasteiger partial charge in [-0.15, -0.1) is 0 Å². The predicted molar refractivity (Wildman–Crippen MR) is 85.5 cm³/mol. The lowest BCUT2D eigenvalue weighted by atomic mass is 10.1. The molecule has 2 rings (SSSR count). The summed E-state index contributed by atoms with van der Waals surface area (Å²) in [5.41, 5.74) is 0.579. The number of halogens is 1. The summed E-state index contributed by atoms with van der Waals surface area (Å²) in [4.78, 5) is 17.0. The maximum atomic E-state index is 12.6. The number of carbonyl (C=O) groups is 1. The number of rotatable bonds is 5. The third-order valence-corrected chi connectivity index (χ3v) is 3.80. The van der Waals surface area contributed by atoms with Crippen LogP contribution in [-0.2, 0) is 0 Å². The molecule has 0 radical (unpaired) electrons. The van der Waals surface area contributed by atoms with Crippen molar-refractivity contribution in [1.82, 2.24) is 9.80 Å². The van der Waals surface area contributed by atoms with Gasteiger partial charge in [0.25, 0.3) is 0 Å². The maximum absolute atomic E-state index is 12.6. The summed E-state index contributed by atoms with van der Waals surface area (Å²) in [5, 5.41) is 0.563. The van der Waals surface area contributed by atoms with E-state index in [1.807, 2.05) is 13.8 Å². The summed E-state index contributed by atoms with van der Waals surface area (Å²) in [6.45, 7) is 8.15. The average Bonchev–Trinajstić information content (AvgIpc) is 2.43. The molecule has 0 N–H and O–H groups in total. The molecule has 0 aliphatic carbocycles. The zero-order valence-electron chi connectivity index (χ0n) is 12.9. The molecule has 1 saturated heterocycles. The van der Waals surface area contributed by atoms with Crippen molar-refractivity contribution in [3.8, 4) is 5.75 Å². The monoisotopic (exact) mass is 310 g/mol. The molecule has 5 heteroatoms. The minimum Gasteiger partial charge on any atom is -0.490 e. The minimum absolute atomic E-state index is 0.0290. The number of Topliss-reactive ketones (excluding diaryl/α,β-unsaturated/α-hetero) is 1. The molecule has 1 aliphatic heterocycles. The molecular formula is C16H23ClN2O2. The number of likely N-dealkylation sites (N-methyl/N-ethyl adjacent to an activating group) is 1. The fraction of sp³-hybridized carbons (Fsp3) is 0.562. The number of hydrogen-bond acceptors (Lipinski definition) is 4. The van der Waals surface area contributed by atoms with Crippen molar-refractivity contribution in [3.05, 3.63) is 28.8 Å². The lowest BCUT2D eigenvalue weighted by molar-refractivity contribution is 0.0871. The van der Waals surface area contributed by atoms with Crippen molar-refractivity contribution < 1.29 is 9.53 Å². The number of nitrogens with zero attached hydrogens (tertiary/aromatic N) is 2. The highest BCUT2D eigenvalue weighted by molar-refractivity contribution is 6.31. The topological polar surface area (TPSA) is 32.8 Å². The van der Waals surface area contributed by atoms with E-state index in [2.05, 4.69) is 16.8 Å². The molecule has 1 aromatic carbocycles. The van der Waals surface area contributed by atoms with Crippen molar-refractivity contribution in [1.29, 1.82) is 0 Å². The molecule has 1 heterocycles. The molecule has 1 aromatic rings. The zero-order chi connectivity index (χ0) is 15.4. The largest absolute Gasteiger partial charge is 0.490 e. The van der Waals surface area contributed by atoms with Crippen molar-refractivity contribution in [2.45, 2.75) is 20.0 Å². The maximum Gasteiger partial charge on any atom is 0.180 e. The Kier molecular flexibility index (Phi) is 5.62. The quantitative estimate of drug-likeness (QED) is 0.783. The van der Waals surface area contributed by atoms with Gasteiger partial charge in [-0.25, -0.2) is 0 Å². The van der Waals surface area contributed by atoms with E-state index in [0.717, 1.165) is 26.2 Å². The standard InChI is InChI=1S/C16H23ClN2O2/c1-12(2)21-16-5-4-13(17)10-14(16)15(20)11-19-8-6-18(3)7-9-19/h4-5,10,12H,6-9,11H2,1-3H3. The fourth-order valence-electron chi connectivity index (χ4n) is 2.37. The molecule has 0 spiro atoms. The van der Waals surface area contributed by atoms with Gasteiger partial charge in [-0.2, -0.15) is 0 Å². The number of ketones is 1. The van der Waals surface area contributed by atoms with Crippen LogP contribution >= 0.6 is 11.6 Å². The third kappa shape index (κ3) is 4.70. The fourth-order valence-corrected chi connectivity index (χ4v) is 2.54. The zero-order valence-corrected chi connectivity index (χ0v) is 13.7. The van der Waals surface area contributed by atoms with Crippen LogP contribution in [0.15, 0.2) is 18.2 Å². The van der Waals surface area contributed by atoms with Gasteiger partial charge in [-0.1, -0.05) is 11.6 Å². The van der Waals surface area contributed by atoms with Gasteiger partial charge in [0.1, 0.15) is 5.75 Å². The number of ether oxygens (including phenoxy) is 1. The van der Waals surface area contributed by atoms with Crippen molar-refractivity contribution in [3.63, 3.8) is 0 Å². The van der Waals surface area contributed by atoms with Crippen LogP contribution in [0.25, 0.3) is 0 Å². The van der Waals surface area contributed by atoms with Gasteiger partial charge in [-0.3, -0.25) is 9.69 Å². The van der Waals surface area contributed by atoms with Gasteiger partial charge in [0.2, 0.25) is 0 Å². The van der Waals surface area contributed by atoms with Crippen LogP contribution in [0.1, 0.15) is 24.2 Å². The van der Waals surface area contributed by atoms with E-state index in [-0.39, 0.29) is 11.9 Å². The lowest BCUT2D eigenvalue weighted by Gasteiger charge is -2.31. The Labute approximate surface area is 131 Å². The number of piperazine rings is 1. The van der Waals surface area contributed by atoms with Crippen LogP contribution in [0.4, 0.5) is 0 Å². The Balaban J connectivity index is 2.08. The Hall–Kier alpha value is -1.10. The number of benzene rings is 1. The van der Waals surface area contributed by atoms with Crippen molar-refractivity contribution in [2.75, 3.05) is 39.8 Å². The molecule has 1 fully saturated rings. The molecule has 21 heavy (non-hydrogen) atoms. The first-order valence-corrected chi connectivity index (χ1v) is 7.74. The molecule has 0 bridgehead atoms. The SMILES string of the molecule is CC(C)Oc1ccc(Cl)cc1C(=O)CN1CCN(C)CC1. The summed E-state index contributed by atoms with van der Waals surface area (Å²) < 4.78 is 5.72. The molecule has 4 nitrogen and oxygen atoms in total. The van der Waals surface area contributed by atoms with Gasteiger partial charge in [0, 0.05) is 31.2 Å². The number of hydrogen-bond donors (Lipinski definition) is 0. The van der Waals surface area contributed by atoms with E-state index in [1.54, 1.807) is 18.2 Å². The first kappa shape index (κ1) is 16.3.